The van der Waals surface area contributed by atoms with E-state index in [0.717, 1.165) is 27.2 Å². The summed E-state index contributed by atoms with van der Waals surface area (Å²) in [6, 6.07) is 32.0. The molecule has 5 rings (SSSR count). The van der Waals surface area contributed by atoms with Crippen molar-refractivity contribution < 1.29 is 14.4 Å². The quantitative estimate of drug-likeness (QED) is 0.252. The number of benzene rings is 4. The van der Waals surface area contributed by atoms with Gasteiger partial charge in [0.05, 0.1) is 5.69 Å². The molecule has 200 valence electrons. The summed E-state index contributed by atoms with van der Waals surface area (Å²) in [7, 11) is 0. The third kappa shape index (κ3) is 5.53. The molecule has 0 unspecified atom stereocenters. The zero-order valence-corrected chi connectivity index (χ0v) is 23.0. The van der Waals surface area contributed by atoms with Crippen LogP contribution in [-0.4, -0.2) is 22.6 Å². The molecule has 0 atom stereocenters. The summed E-state index contributed by atoms with van der Waals surface area (Å²) in [5.41, 5.74) is 5.39. The molecule has 0 saturated carbocycles. The fourth-order valence-electron chi connectivity index (χ4n) is 4.64. The van der Waals surface area contributed by atoms with Gasteiger partial charge in [0.15, 0.2) is 0 Å². The first kappa shape index (κ1) is 26.9. The molecule has 0 aromatic heterocycles. The first-order valence-electron chi connectivity index (χ1n) is 12.9. The van der Waals surface area contributed by atoms with Gasteiger partial charge in [0.25, 0.3) is 17.7 Å². The first-order chi connectivity index (χ1) is 19.3. The second-order valence-corrected chi connectivity index (χ2v) is 10.1. The maximum absolute atomic E-state index is 13.6. The highest BCUT2D eigenvalue weighted by Gasteiger charge is 2.39. The van der Waals surface area contributed by atoms with Gasteiger partial charge >= 0.3 is 0 Å². The van der Waals surface area contributed by atoms with E-state index in [4.69, 9.17) is 11.6 Å². The second kappa shape index (κ2) is 11.6. The van der Waals surface area contributed by atoms with Crippen LogP contribution in [0.25, 0.3) is 0 Å². The molecule has 1 N–H and O–H groups in total. The van der Waals surface area contributed by atoms with Crippen LogP contribution in [0.2, 0.25) is 0 Å². The molecule has 0 spiro atoms. The number of hydrogen-bond donors (Lipinski definition) is 1. The van der Waals surface area contributed by atoms with Gasteiger partial charge < -0.3 is 10.2 Å². The average Bonchev–Trinajstić information content (AvgIpc) is 3.18. The molecule has 1 heterocycles. The zero-order valence-electron chi connectivity index (χ0n) is 22.2. The van der Waals surface area contributed by atoms with Crippen molar-refractivity contribution in [3.8, 4) is 0 Å². The Kier molecular flexibility index (Phi) is 7.80. The second-order valence-electron chi connectivity index (χ2n) is 9.69. The predicted octanol–water partition coefficient (Wildman–Crippen LogP) is 6.58. The third-order valence-corrected chi connectivity index (χ3v) is 7.32. The van der Waals surface area contributed by atoms with E-state index < -0.39 is 11.8 Å². The lowest BCUT2D eigenvalue weighted by atomic mass is 10.1. The summed E-state index contributed by atoms with van der Waals surface area (Å²) in [4.78, 5) is 42.6. The molecular formula is C33H28ClN3O3. The number of carbonyl (C=O) groups is 3. The van der Waals surface area contributed by atoms with Crippen molar-refractivity contribution in [1.29, 1.82) is 0 Å². The van der Waals surface area contributed by atoms with E-state index in [1.54, 1.807) is 41.3 Å². The first-order valence-corrected chi connectivity index (χ1v) is 13.3. The fraction of sp³-hybridized carbons (Fsp3) is 0.121. The molecule has 1 aliphatic heterocycles. The van der Waals surface area contributed by atoms with Crippen molar-refractivity contribution in [2.24, 2.45) is 0 Å². The van der Waals surface area contributed by atoms with Crippen molar-refractivity contribution in [3.05, 3.63) is 142 Å². The number of halogens is 1. The van der Waals surface area contributed by atoms with Gasteiger partial charge in [-0.1, -0.05) is 84.4 Å². The Labute approximate surface area is 238 Å². The van der Waals surface area contributed by atoms with Gasteiger partial charge in [0, 0.05) is 24.3 Å². The molecule has 7 heteroatoms. The van der Waals surface area contributed by atoms with Gasteiger partial charge in [-0.15, -0.1) is 0 Å². The van der Waals surface area contributed by atoms with Crippen LogP contribution in [0.5, 0.6) is 0 Å². The summed E-state index contributed by atoms with van der Waals surface area (Å²) in [6.45, 7) is 4.70. The molecule has 0 bridgehead atoms. The number of nitrogens with one attached hydrogen (secondary N) is 1. The molecular weight excluding hydrogens is 522 g/mol. The predicted molar refractivity (Wildman–Crippen MR) is 158 cm³/mol. The SMILES string of the molecule is Cc1cccc(N2C(=O)C(Cl)=C(Nc3ccc(C(=O)N(Cc4ccccc4)Cc4ccccc4)cc3)C2=O)c1C. The molecule has 1 aliphatic rings. The highest BCUT2D eigenvalue weighted by molar-refractivity contribution is 6.53. The van der Waals surface area contributed by atoms with Crippen LogP contribution in [0.4, 0.5) is 11.4 Å². The smallest absolute Gasteiger partial charge is 0.283 e. The van der Waals surface area contributed by atoms with Gasteiger partial charge in [-0.05, 0) is 66.4 Å². The average molecular weight is 550 g/mol. The lowest BCUT2D eigenvalue weighted by Gasteiger charge is -2.23. The molecule has 4 aromatic carbocycles. The summed E-state index contributed by atoms with van der Waals surface area (Å²) < 4.78 is 0. The van der Waals surface area contributed by atoms with E-state index in [-0.39, 0.29) is 16.6 Å². The van der Waals surface area contributed by atoms with Crippen molar-refractivity contribution in [2.75, 3.05) is 10.2 Å². The van der Waals surface area contributed by atoms with E-state index in [1.807, 2.05) is 80.6 Å². The molecule has 0 radical (unpaired) electrons. The van der Waals surface area contributed by atoms with Crippen LogP contribution in [0.15, 0.2) is 114 Å². The Morgan fingerprint density at radius 2 is 1.32 bits per heavy atom. The van der Waals surface area contributed by atoms with Crippen LogP contribution in [0.3, 0.4) is 0 Å². The number of aryl methyl sites for hydroxylation is 1. The van der Waals surface area contributed by atoms with Crippen LogP contribution in [-0.2, 0) is 22.7 Å². The number of amides is 3. The van der Waals surface area contributed by atoms with Gasteiger partial charge in [0.1, 0.15) is 10.7 Å². The molecule has 0 fully saturated rings. The van der Waals surface area contributed by atoms with Gasteiger partial charge in [-0.3, -0.25) is 14.4 Å². The van der Waals surface area contributed by atoms with Gasteiger partial charge in [0.2, 0.25) is 0 Å². The topological polar surface area (TPSA) is 69.7 Å². The largest absolute Gasteiger partial charge is 0.350 e. The maximum Gasteiger partial charge on any atom is 0.283 e. The Morgan fingerprint density at radius 3 is 1.90 bits per heavy atom. The van der Waals surface area contributed by atoms with Crippen molar-refractivity contribution >= 4 is 40.7 Å². The molecule has 3 amide bonds. The number of carbonyl (C=O) groups excluding carboxylic acids is 3. The molecule has 6 nitrogen and oxygen atoms in total. The maximum atomic E-state index is 13.6. The lowest BCUT2D eigenvalue weighted by Crippen LogP contribution is -2.33. The standard InChI is InChI=1S/C33H28ClN3O3/c1-22-10-9-15-28(23(22)2)37-32(39)29(34)30(33(37)40)35-27-18-16-26(17-19-27)31(38)36(20-24-11-5-3-6-12-24)21-25-13-7-4-8-14-25/h3-19,35H,20-21H2,1-2H3. The van der Waals surface area contributed by atoms with E-state index in [2.05, 4.69) is 5.32 Å². The number of hydrogen-bond acceptors (Lipinski definition) is 4. The number of nitrogens with zero attached hydrogens (tertiary/aromatic N) is 2. The normalized spacial score (nSPS) is 13.1. The number of rotatable bonds is 8. The van der Waals surface area contributed by atoms with Crippen LogP contribution >= 0.6 is 11.6 Å². The molecule has 40 heavy (non-hydrogen) atoms. The Hall–Kier alpha value is -4.68. The minimum atomic E-state index is -0.577. The van der Waals surface area contributed by atoms with Crippen molar-refractivity contribution in [1.82, 2.24) is 4.90 Å². The monoisotopic (exact) mass is 549 g/mol. The van der Waals surface area contributed by atoms with Crippen LogP contribution < -0.4 is 10.2 Å². The fourth-order valence-corrected chi connectivity index (χ4v) is 4.85. The lowest BCUT2D eigenvalue weighted by molar-refractivity contribution is -0.120. The van der Waals surface area contributed by atoms with Crippen molar-refractivity contribution in [3.63, 3.8) is 0 Å². The summed E-state index contributed by atoms with van der Waals surface area (Å²) in [6.07, 6.45) is 0. The Morgan fingerprint density at radius 1 is 0.750 bits per heavy atom. The minimum Gasteiger partial charge on any atom is -0.350 e. The van der Waals surface area contributed by atoms with E-state index in [1.165, 1.54) is 0 Å². The van der Waals surface area contributed by atoms with E-state index >= 15 is 0 Å². The Bertz CT molecular complexity index is 1560. The summed E-state index contributed by atoms with van der Waals surface area (Å²) >= 11 is 6.33. The number of imide groups is 1. The molecule has 4 aromatic rings. The summed E-state index contributed by atoms with van der Waals surface area (Å²) in [5.74, 6) is -1.22. The highest BCUT2D eigenvalue weighted by Crippen LogP contribution is 2.33. The van der Waals surface area contributed by atoms with Crippen molar-refractivity contribution in [2.45, 2.75) is 26.9 Å². The Balaban J connectivity index is 1.34. The van der Waals surface area contributed by atoms with Gasteiger partial charge in [-0.2, -0.15) is 0 Å². The van der Waals surface area contributed by atoms with Crippen LogP contribution in [0.1, 0.15) is 32.6 Å². The zero-order chi connectivity index (χ0) is 28.2. The number of anilines is 2. The van der Waals surface area contributed by atoms with Gasteiger partial charge in [-0.25, -0.2) is 4.90 Å². The van der Waals surface area contributed by atoms with E-state index in [9.17, 15) is 14.4 Å². The minimum absolute atomic E-state index is 0.00133. The third-order valence-electron chi connectivity index (χ3n) is 6.97. The summed E-state index contributed by atoms with van der Waals surface area (Å²) in [5, 5.41) is 2.81. The molecule has 0 saturated heterocycles. The van der Waals surface area contributed by atoms with E-state index in [0.29, 0.717) is 30.0 Å². The van der Waals surface area contributed by atoms with Crippen LogP contribution in [0, 0.1) is 13.8 Å². The molecule has 0 aliphatic carbocycles. The highest BCUT2D eigenvalue weighted by atomic mass is 35.5.